The van der Waals surface area contributed by atoms with E-state index in [1.807, 2.05) is 29.2 Å². The van der Waals surface area contributed by atoms with Gasteiger partial charge < -0.3 is 4.90 Å². The summed E-state index contributed by atoms with van der Waals surface area (Å²) in [5.74, 6) is 0.211. The summed E-state index contributed by atoms with van der Waals surface area (Å²) in [7, 11) is 0. The lowest BCUT2D eigenvalue weighted by Crippen LogP contribution is -2.46. The summed E-state index contributed by atoms with van der Waals surface area (Å²) in [6.45, 7) is 2.04. The van der Waals surface area contributed by atoms with E-state index in [0.717, 1.165) is 30.6 Å². The second-order valence-electron chi connectivity index (χ2n) is 6.35. The third-order valence-electron chi connectivity index (χ3n) is 4.83. The third kappa shape index (κ3) is 2.36. The van der Waals surface area contributed by atoms with Gasteiger partial charge in [0.05, 0.1) is 22.1 Å². The van der Waals surface area contributed by atoms with Gasteiger partial charge in [-0.25, -0.2) is 0 Å². The second kappa shape index (κ2) is 5.39. The first-order chi connectivity index (χ1) is 10.6. The monoisotopic (exact) mass is 335 g/mol. The molecule has 116 valence electrons. The van der Waals surface area contributed by atoms with E-state index in [-0.39, 0.29) is 5.91 Å². The van der Waals surface area contributed by atoms with Gasteiger partial charge in [-0.15, -0.1) is 11.3 Å². The molecule has 0 N–H and O–H groups in total. The molecule has 4 heterocycles. The summed E-state index contributed by atoms with van der Waals surface area (Å²) in [6, 6.07) is 3.04. The highest BCUT2D eigenvalue weighted by Crippen LogP contribution is 2.41. The number of aryl methyl sites for hydroxylation is 1. The number of carbonyl (C=O) groups excluding carboxylic acids is 1. The Morgan fingerprint density at radius 3 is 2.59 bits per heavy atom. The van der Waals surface area contributed by atoms with Crippen LogP contribution in [0.3, 0.4) is 0 Å². The molecule has 2 aliphatic heterocycles. The van der Waals surface area contributed by atoms with Gasteiger partial charge in [0.25, 0.3) is 5.91 Å². The zero-order chi connectivity index (χ0) is 15.3. The van der Waals surface area contributed by atoms with Gasteiger partial charge in [0.2, 0.25) is 0 Å². The smallest absolute Gasteiger partial charge is 0.264 e. The first kappa shape index (κ1) is 14.3. The van der Waals surface area contributed by atoms with E-state index in [1.54, 1.807) is 17.5 Å². The molecule has 6 heteroatoms. The lowest BCUT2D eigenvalue weighted by molar-refractivity contribution is 0.0529. The minimum Gasteiger partial charge on any atom is -0.332 e. The standard InChI is InChI=1S/C16H18ClN3OS/c1-10-4-15(22-9-10)16(21)20-12-2-3-13(20)6-14(5-12)19-8-11(17)7-18-19/h4,7-9,12-14H,2-3,5-6H2,1H3. The van der Waals surface area contributed by atoms with Crippen molar-refractivity contribution < 1.29 is 4.79 Å². The van der Waals surface area contributed by atoms with Crippen LogP contribution < -0.4 is 0 Å². The summed E-state index contributed by atoms with van der Waals surface area (Å²) >= 11 is 7.54. The Kier molecular flexibility index (Phi) is 3.50. The average Bonchev–Trinajstić information content (AvgIpc) is 3.17. The molecule has 2 aromatic rings. The van der Waals surface area contributed by atoms with Crippen molar-refractivity contribution in [2.45, 2.75) is 50.7 Å². The molecule has 2 bridgehead atoms. The lowest BCUT2D eigenvalue weighted by atomic mass is 9.97. The molecular formula is C16H18ClN3OS. The second-order valence-corrected chi connectivity index (χ2v) is 7.70. The van der Waals surface area contributed by atoms with Crippen LogP contribution in [0.2, 0.25) is 5.02 Å². The summed E-state index contributed by atoms with van der Waals surface area (Å²) in [4.78, 5) is 15.8. The molecule has 2 fully saturated rings. The molecule has 2 unspecified atom stereocenters. The number of piperidine rings is 1. The Balaban J connectivity index is 1.55. The molecule has 22 heavy (non-hydrogen) atoms. The van der Waals surface area contributed by atoms with Gasteiger partial charge in [-0.3, -0.25) is 9.48 Å². The first-order valence-corrected chi connectivity index (χ1v) is 8.95. The number of thiophene rings is 1. The molecule has 0 aromatic carbocycles. The highest BCUT2D eigenvalue weighted by atomic mass is 35.5. The Hall–Kier alpha value is -1.33. The summed E-state index contributed by atoms with van der Waals surface area (Å²) in [6.07, 6.45) is 7.74. The fraction of sp³-hybridized carbons (Fsp3) is 0.500. The molecule has 2 aliphatic rings. The van der Waals surface area contributed by atoms with E-state index in [2.05, 4.69) is 10.00 Å². The van der Waals surface area contributed by atoms with E-state index in [0.29, 0.717) is 23.1 Å². The number of amides is 1. The van der Waals surface area contributed by atoms with Crippen LogP contribution in [0.4, 0.5) is 0 Å². The van der Waals surface area contributed by atoms with Crippen LogP contribution in [0, 0.1) is 6.92 Å². The number of rotatable bonds is 2. The van der Waals surface area contributed by atoms with Gasteiger partial charge in [0.15, 0.2) is 0 Å². The Bertz CT molecular complexity index is 696. The quantitative estimate of drug-likeness (QED) is 0.834. The lowest BCUT2D eigenvalue weighted by Gasteiger charge is -2.38. The predicted octanol–water partition coefficient (Wildman–Crippen LogP) is 3.91. The normalized spacial score (nSPS) is 27.4. The maximum absolute atomic E-state index is 12.8. The minimum atomic E-state index is 0.211. The number of aromatic nitrogens is 2. The zero-order valence-corrected chi connectivity index (χ0v) is 14.0. The van der Waals surface area contributed by atoms with E-state index in [1.165, 1.54) is 5.56 Å². The molecule has 1 amide bonds. The molecule has 4 nitrogen and oxygen atoms in total. The van der Waals surface area contributed by atoms with Crippen LogP contribution in [0.5, 0.6) is 0 Å². The number of hydrogen-bond acceptors (Lipinski definition) is 3. The van der Waals surface area contributed by atoms with E-state index < -0.39 is 0 Å². The van der Waals surface area contributed by atoms with Crippen molar-refractivity contribution in [2.75, 3.05) is 0 Å². The van der Waals surface area contributed by atoms with Crippen LogP contribution in [-0.2, 0) is 0 Å². The topological polar surface area (TPSA) is 38.1 Å². The Morgan fingerprint density at radius 2 is 2.05 bits per heavy atom. The predicted molar refractivity (Wildman–Crippen MR) is 87.5 cm³/mol. The largest absolute Gasteiger partial charge is 0.332 e. The van der Waals surface area contributed by atoms with Crippen LogP contribution in [0.15, 0.2) is 23.8 Å². The summed E-state index contributed by atoms with van der Waals surface area (Å²) < 4.78 is 1.98. The minimum absolute atomic E-state index is 0.211. The molecule has 0 saturated carbocycles. The van der Waals surface area contributed by atoms with Crippen LogP contribution in [0.1, 0.15) is 47.0 Å². The van der Waals surface area contributed by atoms with Crippen molar-refractivity contribution in [1.29, 1.82) is 0 Å². The van der Waals surface area contributed by atoms with Crippen molar-refractivity contribution in [3.63, 3.8) is 0 Å². The van der Waals surface area contributed by atoms with Gasteiger partial charge in [-0.1, -0.05) is 11.6 Å². The highest BCUT2D eigenvalue weighted by molar-refractivity contribution is 7.12. The van der Waals surface area contributed by atoms with Gasteiger partial charge in [-0.2, -0.15) is 5.10 Å². The molecule has 2 saturated heterocycles. The van der Waals surface area contributed by atoms with Gasteiger partial charge >= 0.3 is 0 Å². The maximum Gasteiger partial charge on any atom is 0.264 e. The molecule has 2 atom stereocenters. The summed E-state index contributed by atoms with van der Waals surface area (Å²) in [5.41, 5.74) is 1.17. The molecular weight excluding hydrogens is 318 g/mol. The number of halogens is 1. The molecule has 0 spiro atoms. The maximum atomic E-state index is 12.8. The number of hydrogen-bond donors (Lipinski definition) is 0. The van der Waals surface area contributed by atoms with Crippen molar-refractivity contribution in [3.8, 4) is 0 Å². The first-order valence-electron chi connectivity index (χ1n) is 7.69. The number of carbonyl (C=O) groups is 1. The fourth-order valence-corrected chi connectivity index (χ4v) is 4.87. The van der Waals surface area contributed by atoms with Crippen molar-refractivity contribution in [1.82, 2.24) is 14.7 Å². The molecule has 0 aliphatic carbocycles. The Labute approximate surface area is 138 Å². The average molecular weight is 336 g/mol. The van der Waals surface area contributed by atoms with Gasteiger partial charge in [0, 0.05) is 18.3 Å². The van der Waals surface area contributed by atoms with Crippen molar-refractivity contribution in [2.24, 2.45) is 0 Å². The highest BCUT2D eigenvalue weighted by Gasteiger charge is 2.44. The Morgan fingerprint density at radius 1 is 1.32 bits per heavy atom. The van der Waals surface area contributed by atoms with Crippen LogP contribution in [0.25, 0.3) is 0 Å². The third-order valence-corrected chi connectivity index (χ3v) is 6.06. The van der Waals surface area contributed by atoms with Gasteiger partial charge in [-0.05, 0) is 49.6 Å². The van der Waals surface area contributed by atoms with Crippen molar-refractivity contribution >= 4 is 28.8 Å². The number of nitrogens with zero attached hydrogens (tertiary/aromatic N) is 3. The SMILES string of the molecule is Cc1csc(C(=O)N2C3CCC2CC(n2cc(Cl)cn2)C3)c1. The number of fused-ring (bicyclic) bond motifs is 2. The molecule has 4 rings (SSSR count). The summed E-state index contributed by atoms with van der Waals surface area (Å²) in [5, 5.41) is 7.08. The van der Waals surface area contributed by atoms with Crippen molar-refractivity contribution in [3.05, 3.63) is 39.3 Å². The van der Waals surface area contributed by atoms with Gasteiger partial charge in [0.1, 0.15) is 0 Å². The van der Waals surface area contributed by atoms with E-state index >= 15 is 0 Å². The van der Waals surface area contributed by atoms with E-state index in [4.69, 9.17) is 11.6 Å². The fourth-order valence-electron chi connectivity index (χ4n) is 3.88. The molecule has 2 aromatic heterocycles. The van der Waals surface area contributed by atoms with Crippen LogP contribution in [-0.4, -0.2) is 32.7 Å². The van der Waals surface area contributed by atoms with Crippen LogP contribution >= 0.6 is 22.9 Å². The zero-order valence-electron chi connectivity index (χ0n) is 12.4. The molecule has 0 radical (unpaired) electrons. The van der Waals surface area contributed by atoms with E-state index in [9.17, 15) is 4.79 Å².